The van der Waals surface area contributed by atoms with Crippen LogP contribution in [0.2, 0.25) is 15.1 Å². The summed E-state index contributed by atoms with van der Waals surface area (Å²) in [6.45, 7) is 7.11. The van der Waals surface area contributed by atoms with E-state index in [1.807, 2.05) is 20.8 Å². The fraction of sp³-hybridized carbons (Fsp3) is 0.310. The van der Waals surface area contributed by atoms with Crippen LogP contribution in [-0.2, 0) is 26.2 Å². The van der Waals surface area contributed by atoms with Gasteiger partial charge in [0.15, 0.2) is 0 Å². The molecule has 0 radical (unpaired) electrons. The third-order valence-electron chi connectivity index (χ3n) is 6.22. The van der Waals surface area contributed by atoms with Crippen molar-refractivity contribution in [2.24, 2.45) is 5.92 Å². The standard InChI is InChI=1S/C29H32Cl3N3O4S/c1-19(2)16-33-29(37)21(4)34(17-22-11-12-23(30)15-26(22)32)28(36)18-35(27-8-6-5-7-25(27)31)40(38,39)24-13-9-20(3)10-14-24/h5-15,19,21H,16-18H2,1-4H3,(H,33,37)/t21-/m0/s1. The number of sulfonamides is 1. The zero-order chi connectivity index (χ0) is 29.6. The maximum absolute atomic E-state index is 14.0. The maximum atomic E-state index is 14.0. The van der Waals surface area contributed by atoms with E-state index < -0.39 is 28.5 Å². The lowest BCUT2D eigenvalue weighted by Gasteiger charge is -2.32. The van der Waals surface area contributed by atoms with Crippen LogP contribution in [0.25, 0.3) is 0 Å². The number of amides is 2. The van der Waals surface area contributed by atoms with Gasteiger partial charge in [0.1, 0.15) is 12.6 Å². The van der Waals surface area contributed by atoms with Crippen LogP contribution in [0, 0.1) is 12.8 Å². The van der Waals surface area contributed by atoms with Crippen LogP contribution in [0.5, 0.6) is 0 Å². The van der Waals surface area contributed by atoms with Crippen LogP contribution in [-0.4, -0.2) is 44.3 Å². The number of nitrogens with one attached hydrogen (secondary N) is 1. The van der Waals surface area contributed by atoms with Crippen LogP contribution in [0.15, 0.2) is 71.6 Å². The number of benzene rings is 3. The number of aryl methyl sites for hydroxylation is 1. The highest BCUT2D eigenvalue weighted by molar-refractivity contribution is 7.92. The van der Waals surface area contributed by atoms with Gasteiger partial charge < -0.3 is 10.2 Å². The molecular weight excluding hydrogens is 593 g/mol. The van der Waals surface area contributed by atoms with Gasteiger partial charge in [-0.1, -0.05) is 84.5 Å². The molecule has 7 nitrogen and oxygen atoms in total. The number of nitrogens with zero attached hydrogens (tertiary/aromatic N) is 2. The van der Waals surface area contributed by atoms with Crippen molar-refractivity contribution < 1.29 is 18.0 Å². The van der Waals surface area contributed by atoms with Gasteiger partial charge >= 0.3 is 0 Å². The van der Waals surface area contributed by atoms with E-state index in [1.54, 1.807) is 55.5 Å². The first kappa shape index (κ1) is 31.7. The molecule has 3 aromatic carbocycles. The average Bonchev–Trinajstić information content (AvgIpc) is 2.90. The van der Waals surface area contributed by atoms with Gasteiger partial charge in [0.05, 0.1) is 15.6 Å². The van der Waals surface area contributed by atoms with Crippen LogP contribution in [0.4, 0.5) is 5.69 Å². The highest BCUT2D eigenvalue weighted by Gasteiger charge is 2.33. The third kappa shape index (κ3) is 7.91. The van der Waals surface area contributed by atoms with Gasteiger partial charge in [0, 0.05) is 23.1 Å². The molecule has 1 N–H and O–H groups in total. The summed E-state index contributed by atoms with van der Waals surface area (Å²) in [4.78, 5) is 28.3. The molecule has 0 spiro atoms. The van der Waals surface area contributed by atoms with E-state index in [0.717, 1.165) is 9.87 Å². The van der Waals surface area contributed by atoms with Crippen molar-refractivity contribution in [3.05, 3.63) is 92.9 Å². The summed E-state index contributed by atoms with van der Waals surface area (Å²) >= 11 is 18.9. The Labute approximate surface area is 251 Å². The smallest absolute Gasteiger partial charge is 0.264 e. The van der Waals surface area contributed by atoms with Crippen molar-refractivity contribution in [1.29, 1.82) is 0 Å². The van der Waals surface area contributed by atoms with Gasteiger partial charge in [-0.25, -0.2) is 8.42 Å². The number of carbonyl (C=O) groups is 2. The van der Waals surface area contributed by atoms with E-state index in [9.17, 15) is 18.0 Å². The molecular formula is C29H32Cl3N3O4S. The summed E-state index contributed by atoms with van der Waals surface area (Å²) in [5.41, 5.74) is 1.57. The first-order valence-electron chi connectivity index (χ1n) is 12.7. The minimum atomic E-state index is -4.22. The van der Waals surface area contributed by atoms with Gasteiger partial charge in [-0.3, -0.25) is 13.9 Å². The second-order valence-electron chi connectivity index (χ2n) is 9.85. The number of hydrogen-bond donors (Lipinski definition) is 1. The molecule has 0 unspecified atom stereocenters. The summed E-state index contributed by atoms with van der Waals surface area (Å²) in [6.07, 6.45) is 0. The minimum absolute atomic E-state index is 0.000778. The first-order valence-corrected chi connectivity index (χ1v) is 15.2. The predicted molar refractivity (Wildman–Crippen MR) is 161 cm³/mol. The van der Waals surface area contributed by atoms with Crippen molar-refractivity contribution in [3.8, 4) is 0 Å². The Morgan fingerprint density at radius 1 is 0.900 bits per heavy atom. The number of para-hydroxylation sites is 1. The molecule has 0 aliphatic carbocycles. The fourth-order valence-electron chi connectivity index (χ4n) is 3.87. The highest BCUT2D eigenvalue weighted by Crippen LogP contribution is 2.31. The Morgan fingerprint density at radius 2 is 1.55 bits per heavy atom. The lowest BCUT2D eigenvalue weighted by Crippen LogP contribution is -2.51. The van der Waals surface area contributed by atoms with Crippen molar-refractivity contribution in [3.63, 3.8) is 0 Å². The molecule has 0 saturated carbocycles. The zero-order valence-electron chi connectivity index (χ0n) is 22.7. The summed E-state index contributed by atoms with van der Waals surface area (Å²) in [7, 11) is -4.22. The van der Waals surface area contributed by atoms with Crippen LogP contribution >= 0.6 is 34.8 Å². The number of rotatable bonds is 11. The molecule has 0 heterocycles. The molecule has 214 valence electrons. The molecule has 0 fully saturated rings. The minimum Gasteiger partial charge on any atom is -0.354 e. The maximum Gasteiger partial charge on any atom is 0.264 e. The SMILES string of the molecule is Cc1ccc(S(=O)(=O)N(CC(=O)N(Cc2ccc(Cl)cc2Cl)[C@@H](C)C(=O)NCC(C)C)c2ccccc2Cl)cc1. The summed E-state index contributed by atoms with van der Waals surface area (Å²) in [5, 5.41) is 3.73. The Kier molecular flexibility index (Phi) is 10.9. The molecule has 40 heavy (non-hydrogen) atoms. The van der Waals surface area contributed by atoms with Crippen molar-refractivity contribution in [2.75, 3.05) is 17.4 Å². The molecule has 0 aliphatic heterocycles. The zero-order valence-corrected chi connectivity index (χ0v) is 25.8. The van der Waals surface area contributed by atoms with Gasteiger partial charge in [-0.2, -0.15) is 0 Å². The van der Waals surface area contributed by atoms with Crippen LogP contribution < -0.4 is 9.62 Å². The molecule has 3 aromatic rings. The molecule has 1 atom stereocenters. The van der Waals surface area contributed by atoms with E-state index in [1.165, 1.54) is 23.1 Å². The van der Waals surface area contributed by atoms with Gasteiger partial charge in [0.25, 0.3) is 10.0 Å². The third-order valence-corrected chi connectivity index (χ3v) is 8.90. The predicted octanol–water partition coefficient (Wildman–Crippen LogP) is 6.34. The van der Waals surface area contributed by atoms with E-state index in [2.05, 4.69) is 5.32 Å². The molecule has 11 heteroatoms. The van der Waals surface area contributed by atoms with E-state index in [-0.39, 0.29) is 34.0 Å². The van der Waals surface area contributed by atoms with E-state index in [0.29, 0.717) is 22.2 Å². The Hall–Kier alpha value is -2.78. The molecule has 2 amide bonds. The van der Waals surface area contributed by atoms with E-state index in [4.69, 9.17) is 34.8 Å². The summed E-state index contributed by atoms with van der Waals surface area (Å²) in [6, 6.07) is 16.6. The van der Waals surface area contributed by atoms with Crippen molar-refractivity contribution >= 4 is 62.3 Å². The average molecular weight is 625 g/mol. The topological polar surface area (TPSA) is 86.8 Å². The second kappa shape index (κ2) is 13.7. The van der Waals surface area contributed by atoms with E-state index >= 15 is 0 Å². The Bertz CT molecular complexity index is 1460. The molecule has 0 saturated heterocycles. The number of carbonyl (C=O) groups excluding carboxylic acids is 2. The van der Waals surface area contributed by atoms with Crippen LogP contribution in [0.3, 0.4) is 0 Å². The summed E-state index contributed by atoms with van der Waals surface area (Å²) in [5.74, 6) is -0.798. The van der Waals surface area contributed by atoms with Crippen molar-refractivity contribution in [1.82, 2.24) is 10.2 Å². The number of hydrogen-bond acceptors (Lipinski definition) is 4. The number of anilines is 1. The first-order chi connectivity index (χ1) is 18.8. The fourth-order valence-corrected chi connectivity index (χ4v) is 6.06. The van der Waals surface area contributed by atoms with Gasteiger partial charge in [-0.15, -0.1) is 0 Å². The normalized spacial score (nSPS) is 12.2. The molecule has 0 aromatic heterocycles. The van der Waals surface area contributed by atoms with Crippen LogP contribution in [0.1, 0.15) is 31.9 Å². The Balaban J connectivity index is 2.05. The second-order valence-corrected chi connectivity index (χ2v) is 13.0. The number of halogens is 3. The lowest BCUT2D eigenvalue weighted by molar-refractivity contribution is -0.139. The quantitative estimate of drug-likeness (QED) is 0.270. The highest BCUT2D eigenvalue weighted by atomic mass is 35.5. The molecule has 0 bridgehead atoms. The molecule has 0 aliphatic rings. The molecule has 3 rings (SSSR count). The lowest BCUT2D eigenvalue weighted by atomic mass is 10.1. The monoisotopic (exact) mass is 623 g/mol. The Morgan fingerprint density at radius 3 is 2.15 bits per heavy atom. The summed E-state index contributed by atoms with van der Waals surface area (Å²) < 4.78 is 28.7. The largest absolute Gasteiger partial charge is 0.354 e. The van der Waals surface area contributed by atoms with Crippen molar-refractivity contribution in [2.45, 2.75) is 45.2 Å². The van der Waals surface area contributed by atoms with Gasteiger partial charge in [-0.05, 0) is 61.7 Å². The van der Waals surface area contributed by atoms with Gasteiger partial charge in [0.2, 0.25) is 11.8 Å².